The minimum absolute atomic E-state index is 0.0487. The SMILES string of the molecule is COc1ccccc1N1CCC[C@@H](N[C@H]2CCSC2)C1=O. The third kappa shape index (κ3) is 3.19. The zero-order valence-corrected chi connectivity index (χ0v) is 13.2. The first-order chi connectivity index (χ1) is 10.3. The average Bonchev–Trinajstić information content (AvgIpc) is 3.02. The number of hydrogen-bond donors (Lipinski definition) is 1. The number of hydrogen-bond acceptors (Lipinski definition) is 4. The van der Waals surface area contributed by atoms with E-state index in [0.717, 1.165) is 36.6 Å². The van der Waals surface area contributed by atoms with Crippen molar-refractivity contribution in [1.82, 2.24) is 5.32 Å². The van der Waals surface area contributed by atoms with Crippen molar-refractivity contribution in [1.29, 1.82) is 0 Å². The van der Waals surface area contributed by atoms with E-state index in [4.69, 9.17) is 4.74 Å². The van der Waals surface area contributed by atoms with E-state index in [1.54, 1.807) is 7.11 Å². The molecule has 5 heteroatoms. The molecule has 2 saturated heterocycles. The molecule has 0 aliphatic carbocycles. The standard InChI is InChI=1S/C16H22N2O2S/c1-20-15-7-3-2-6-14(15)18-9-4-5-13(16(18)19)17-12-8-10-21-11-12/h2-3,6-7,12-13,17H,4-5,8-11H2,1H3/t12-,13+/m0/s1. The summed E-state index contributed by atoms with van der Waals surface area (Å²) in [4.78, 5) is 14.7. The van der Waals surface area contributed by atoms with Crippen molar-refractivity contribution >= 4 is 23.4 Å². The Hall–Kier alpha value is -1.20. The van der Waals surface area contributed by atoms with Gasteiger partial charge in [0.2, 0.25) is 5.91 Å². The second kappa shape index (κ2) is 6.71. The maximum atomic E-state index is 12.8. The third-order valence-corrected chi connectivity index (χ3v) is 5.34. The van der Waals surface area contributed by atoms with Gasteiger partial charge in [-0.25, -0.2) is 0 Å². The molecule has 4 nitrogen and oxygen atoms in total. The zero-order chi connectivity index (χ0) is 14.7. The van der Waals surface area contributed by atoms with Gasteiger partial charge in [-0.3, -0.25) is 4.79 Å². The third-order valence-electron chi connectivity index (χ3n) is 4.18. The highest BCUT2D eigenvalue weighted by atomic mass is 32.2. The van der Waals surface area contributed by atoms with E-state index in [1.165, 1.54) is 12.2 Å². The molecular formula is C16H22N2O2S. The monoisotopic (exact) mass is 306 g/mol. The van der Waals surface area contributed by atoms with Gasteiger partial charge in [0.05, 0.1) is 18.8 Å². The Morgan fingerprint density at radius 3 is 2.95 bits per heavy atom. The Labute approximate surface area is 130 Å². The predicted molar refractivity (Wildman–Crippen MR) is 87.2 cm³/mol. The second-order valence-corrected chi connectivity index (χ2v) is 6.73. The zero-order valence-electron chi connectivity index (χ0n) is 12.4. The molecule has 3 rings (SSSR count). The number of ether oxygens (including phenoxy) is 1. The highest BCUT2D eigenvalue weighted by Crippen LogP contribution is 2.31. The molecule has 21 heavy (non-hydrogen) atoms. The van der Waals surface area contributed by atoms with Crippen molar-refractivity contribution in [2.24, 2.45) is 0 Å². The molecule has 1 aromatic rings. The number of para-hydroxylation sites is 2. The number of benzene rings is 1. The number of piperidine rings is 1. The number of rotatable bonds is 4. The van der Waals surface area contributed by atoms with Gasteiger partial charge in [-0.2, -0.15) is 11.8 Å². The summed E-state index contributed by atoms with van der Waals surface area (Å²) in [5.74, 6) is 3.28. The maximum Gasteiger partial charge on any atom is 0.244 e. The molecule has 2 aliphatic heterocycles. The summed E-state index contributed by atoms with van der Waals surface area (Å²) in [7, 11) is 1.65. The number of anilines is 1. The lowest BCUT2D eigenvalue weighted by Gasteiger charge is -2.34. The molecular weight excluding hydrogens is 284 g/mol. The molecule has 2 aliphatic rings. The van der Waals surface area contributed by atoms with Crippen molar-refractivity contribution in [3.8, 4) is 5.75 Å². The summed E-state index contributed by atoms with van der Waals surface area (Å²) in [6.45, 7) is 0.775. The Kier molecular flexibility index (Phi) is 4.70. The summed E-state index contributed by atoms with van der Waals surface area (Å²) in [5.41, 5.74) is 0.886. The van der Waals surface area contributed by atoms with Gasteiger partial charge in [0.25, 0.3) is 0 Å². The minimum atomic E-state index is -0.0487. The van der Waals surface area contributed by atoms with Crippen LogP contribution in [0.2, 0.25) is 0 Å². The summed E-state index contributed by atoms with van der Waals surface area (Å²) in [6, 6.07) is 8.20. The number of thioether (sulfide) groups is 1. The van der Waals surface area contributed by atoms with Crippen molar-refractivity contribution < 1.29 is 9.53 Å². The van der Waals surface area contributed by atoms with Crippen LogP contribution in [0, 0.1) is 0 Å². The normalized spacial score (nSPS) is 26.1. The van der Waals surface area contributed by atoms with Crippen LogP contribution in [0.15, 0.2) is 24.3 Å². The predicted octanol–water partition coefficient (Wildman–Crippen LogP) is 2.29. The maximum absolute atomic E-state index is 12.8. The fourth-order valence-electron chi connectivity index (χ4n) is 3.07. The van der Waals surface area contributed by atoms with Crippen LogP contribution >= 0.6 is 11.8 Å². The van der Waals surface area contributed by atoms with Gasteiger partial charge in [-0.1, -0.05) is 12.1 Å². The smallest absolute Gasteiger partial charge is 0.244 e. The van der Waals surface area contributed by atoms with Gasteiger partial charge >= 0.3 is 0 Å². The lowest BCUT2D eigenvalue weighted by molar-refractivity contribution is -0.122. The van der Waals surface area contributed by atoms with Crippen molar-refractivity contribution in [3.05, 3.63) is 24.3 Å². The van der Waals surface area contributed by atoms with Gasteiger partial charge in [0, 0.05) is 18.3 Å². The number of carbonyl (C=O) groups excluding carboxylic acids is 1. The molecule has 0 spiro atoms. The number of nitrogens with zero attached hydrogens (tertiary/aromatic N) is 1. The number of nitrogens with one attached hydrogen (secondary N) is 1. The largest absolute Gasteiger partial charge is 0.495 e. The molecule has 2 atom stereocenters. The van der Waals surface area contributed by atoms with E-state index in [-0.39, 0.29) is 11.9 Å². The van der Waals surface area contributed by atoms with E-state index >= 15 is 0 Å². The highest BCUT2D eigenvalue weighted by molar-refractivity contribution is 7.99. The Morgan fingerprint density at radius 2 is 2.19 bits per heavy atom. The average molecular weight is 306 g/mol. The summed E-state index contributed by atoms with van der Waals surface area (Å²) >= 11 is 1.97. The van der Waals surface area contributed by atoms with Gasteiger partial charge in [0.15, 0.2) is 0 Å². The van der Waals surface area contributed by atoms with E-state index in [2.05, 4.69) is 5.32 Å². The molecule has 0 aromatic heterocycles. The fraction of sp³-hybridized carbons (Fsp3) is 0.562. The summed E-state index contributed by atoms with van der Waals surface area (Å²) in [5, 5.41) is 3.55. The second-order valence-electron chi connectivity index (χ2n) is 5.58. The Bertz CT molecular complexity index is 503. The van der Waals surface area contributed by atoms with Crippen LogP contribution in [0.1, 0.15) is 19.3 Å². The van der Waals surface area contributed by atoms with E-state index < -0.39 is 0 Å². The Morgan fingerprint density at radius 1 is 1.33 bits per heavy atom. The molecule has 1 N–H and O–H groups in total. The van der Waals surface area contributed by atoms with Crippen LogP contribution in [-0.2, 0) is 4.79 Å². The van der Waals surface area contributed by atoms with Crippen LogP contribution in [-0.4, -0.2) is 43.2 Å². The summed E-state index contributed by atoms with van der Waals surface area (Å²) in [6.07, 6.45) is 3.13. The van der Waals surface area contributed by atoms with Crippen LogP contribution in [0.4, 0.5) is 5.69 Å². The highest BCUT2D eigenvalue weighted by Gasteiger charge is 2.32. The van der Waals surface area contributed by atoms with Crippen molar-refractivity contribution in [2.45, 2.75) is 31.3 Å². The van der Waals surface area contributed by atoms with Gasteiger partial charge in [-0.15, -0.1) is 0 Å². The number of methoxy groups -OCH3 is 1. The number of carbonyl (C=O) groups is 1. The van der Waals surface area contributed by atoms with Gasteiger partial charge in [0.1, 0.15) is 5.75 Å². The van der Waals surface area contributed by atoms with Gasteiger partial charge in [-0.05, 0) is 37.1 Å². The first-order valence-electron chi connectivity index (χ1n) is 7.58. The van der Waals surface area contributed by atoms with Gasteiger partial charge < -0.3 is 15.0 Å². The molecule has 1 aromatic carbocycles. The minimum Gasteiger partial charge on any atom is -0.495 e. The van der Waals surface area contributed by atoms with Crippen LogP contribution in [0.3, 0.4) is 0 Å². The molecule has 1 amide bonds. The number of amides is 1. The quantitative estimate of drug-likeness (QED) is 0.927. The van der Waals surface area contributed by atoms with Crippen LogP contribution < -0.4 is 15.0 Å². The van der Waals surface area contributed by atoms with Crippen molar-refractivity contribution in [3.63, 3.8) is 0 Å². The van der Waals surface area contributed by atoms with Crippen LogP contribution in [0.25, 0.3) is 0 Å². The Balaban J connectivity index is 1.74. The van der Waals surface area contributed by atoms with Crippen LogP contribution in [0.5, 0.6) is 5.75 Å². The molecule has 2 fully saturated rings. The topological polar surface area (TPSA) is 41.6 Å². The van der Waals surface area contributed by atoms with E-state index in [1.807, 2.05) is 40.9 Å². The van der Waals surface area contributed by atoms with Crippen molar-refractivity contribution in [2.75, 3.05) is 30.1 Å². The summed E-state index contributed by atoms with van der Waals surface area (Å²) < 4.78 is 5.40. The first kappa shape index (κ1) is 14.7. The molecule has 0 radical (unpaired) electrons. The van der Waals surface area contributed by atoms with E-state index in [0.29, 0.717) is 6.04 Å². The molecule has 2 heterocycles. The van der Waals surface area contributed by atoms with E-state index in [9.17, 15) is 4.79 Å². The fourth-order valence-corrected chi connectivity index (χ4v) is 4.24. The lowest BCUT2D eigenvalue weighted by atomic mass is 10.0. The lowest BCUT2D eigenvalue weighted by Crippen LogP contribution is -2.53. The molecule has 114 valence electrons. The molecule has 0 bridgehead atoms. The molecule has 0 saturated carbocycles. The molecule has 0 unspecified atom stereocenters. The first-order valence-corrected chi connectivity index (χ1v) is 8.73.